The van der Waals surface area contributed by atoms with Crippen molar-refractivity contribution >= 4 is 12.1 Å². The molecule has 0 aliphatic heterocycles. The third-order valence-electron chi connectivity index (χ3n) is 2.34. The minimum atomic E-state index is -1.14. The van der Waals surface area contributed by atoms with Gasteiger partial charge >= 0.3 is 12.1 Å². The van der Waals surface area contributed by atoms with Gasteiger partial charge in [0.2, 0.25) is 0 Å². The molecule has 1 atom stereocenters. The van der Waals surface area contributed by atoms with Crippen molar-refractivity contribution in [2.24, 2.45) is 7.05 Å². The highest BCUT2D eigenvalue weighted by Crippen LogP contribution is 2.21. The third kappa shape index (κ3) is 3.97. The van der Waals surface area contributed by atoms with E-state index >= 15 is 0 Å². The van der Waals surface area contributed by atoms with Crippen LogP contribution in [0.25, 0.3) is 0 Å². The van der Waals surface area contributed by atoms with Gasteiger partial charge in [-0.3, -0.25) is 9.58 Å². The highest BCUT2D eigenvalue weighted by molar-refractivity contribution is 5.81. The molecule has 1 amide bonds. The number of aliphatic carboxylic acids is 1. The van der Waals surface area contributed by atoms with Crippen LogP contribution < -0.4 is 0 Å². The molecule has 0 fully saturated rings. The quantitative estimate of drug-likeness (QED) is 0.896. The van der Waals surface area contributed by atoms with E-state index in [4.69, 9.17) is 4.74 Å². The molecular formula is C12H19N3O4. The van der Waals surface area contributed by atoms with Crippen LogP contribution >= 0.6 is 0 Å². The number of aromatic nitrogens is 2. The number of carboxylic acids is 1. The topological polar surface area (TPSA) is 84.7 Å². The monoisotopic (exact) mass is 269 g/mol. The Morgan fingerprint density at radius 2 is 2.05 bits per heavy atom. The predicted octanol–water partition coefficient (Wildman–Crippen LogP) is 1.41. The second-order valence-corrected chi connectivity index (χ2v) is 5.28. The Hall–Kier alpha value is -2.05. The number of rotatable bonds is 3. The molecule has 0 radical (unpaired) electrons. The zero-order valence-corrected chi connectivity index (χ0v) is 11.7. The van der Waals surface area contributed by atoms with Gasteiger partial charge in [0, 0.05) is 25.9 Å². The molecule has 0 spiro atoms. The SMILES string of the molecule is CN(C(=O)OC(C)(C)C)[C@H](C(=O)O)c1cnn(C)c1. The standard InChI is InChI=1S/C12H19N3O4/c1-12(2,3)19-11(18)15(5)9(10(16)17)8-6-13-14(4)7-8/h6-7,9H,1-5H3,(H,16,17)/t9-/m0/s1. The fourth-order valence-corrected chi connectivity index (χ4v) is 1.55. The first-order chi connectivity index (χ1) is 8.61. The Balaban J connectivity index is 2.94. The van der Waals surface area contributed by atoms with Crippen molar-refractivity contribution in [1.29, 1.82) is 0 Å². The Morgan fingerprint density at radius 3 is 2.42 bits per heavy atom. The molecule has 0 aliphatic rings. The number of aryl methyl sites for hydroxylation is 1. The fourth-order valence-electron chi connectivity index (χ4n) is 1.55. The molecule has 0 unspecified atom stereocenters. The number of nitrogens with zero attached hydrogens (tertiary/aromatic N) is 3. The molecule has 1 aromatic heterocycles. The van der Waals surface area contributed by atoms with Crippen molar-refractivity contribution in [3.05, 3.63) is 18.0 Å². The molecule has 1 heterocycles. The first kappa shape index (κ1) is 15.0. The molecule has 7 heteroatoms. The van der Waals surface area contributed by atoms with E-state index in [2.05, 4.69) is 5.10 Å². The van der Waals surface area contributed by atoms with Gasteiger partial charge < -0.3 is 9.84 Å². The highest BCUT2D eigenvalue weighted by atomic mass is 16.6. The third-order valence-corrected chi connectivity index (χ3v) is 2.34. The first-order valence-corrected chi connectivity index (χ1v) is 5.79. The van der Waals surface area contributed by atoms with Crippen LogP contribution in [0.4, 0.5) is 4.79 Å². The number of hydrogen-bond acceptors (Lipinski definition) is 4. The lowest BCUT2D eigenvalue weighted by Gasteiger charge is -2.28. The molecule has 0 saturated heterocycles. The van der Waals surface area contributed by atoms with E-state index < -0.39 is 23.7 Å². The largest absolute Gasteiger partial charge is 0.479 e. The molecular weight excluding hydrogens is 250 g/mol. The van der Waals surface area contributed by atoms with Crippen molar-refractivity contribution in [2.75, 3.05) is 7.05 Å². The summed E-state index contributed by atoms with van der Waals surface area (Å²) in [5.41, 5.74) is -0.257. The number of carboxylic acid groups (broad SMARTS) is 1. The van der Waals surface area contributed by atoms with E-state index in [0.717, 1.165) is 4.90 Å². The highest BCUT2D eigenvalue weighted by Gasteiger charge is 2.32. The van der Waals surface area contributed by atoms with E-state index in [1.807, 2.05) is 0 Å². The van der Waals surface area contributed by atoms with E-state index in [-0.39, 0.29) is 0 Å². The van der Waals surface area contributed by atoms with E-state index in [1.165, 1.54) is 17.9 Å². The molecule has 0 aromatic carbocycles. The summed E-state index contributed by atoms with van der Waals surface area (Å²) in [7, 11) is 3.07. The second kappa shape index (κ2) is 5.29. The molecule has 19 heavy (non-hydrogen) atoms. The van der Waals surface area contributed by atoms with Crippen LogP contribution in [0.5, 0.6) is 0 Å². The number of amides is 1. The summed E-state index contributed by atoms with van der Waals surface area (Å²) in [6, 6.07) is -1.12. The Labute approximate surface area is 111 Å². The zero-order chi connectivity index (χ0) is 14.8. The van der Waals surface area contributed by atoms with Crippen molar-refractivity contribution in [3.63, 3.8) is 0 Å². The van der Waals surface area contributed by atoms with E-state index in [9.17, 15) is 14.7 Å². The van der Waals surface area contributed by atoms with Crippen LogP contribution in [0.3, 0.4) is 0 Å². The van der Waals surface area contributed by atoms with Gasteiger partial charge in [-0.25, -0.2) is 9.59 Å². The van der Waals surface area contributed by atoms with Gasteiger partial charge in [-0.05, 0) is 20.8 Å². The number of carbonyl (C=O) groups excluding carboxylic acids is 1. The maximum absolute atomic E-state index is 11.9. The van der Waals surface area contributed by atoms with Crippen LogP contribution in [-0.2, 0) is 16.6 Å². The molecule has 0 aliphatic carbocycles. The Kier molecular flexibility index (Phi) is 4.18. The number of ether oxygens (including phenoxy) is 1. The average molecular weight is 269 g/mol. The summed E-state index contributed by atoms with van der Waals surface area (Å²) in [6.45, 7) is 5.16. The lowest BCUT2D eigenvalue weighted by molar-refractivity contribution is -0.142. The maximum Gasteiger partial charge on any atom is 0.411 e. The van der Waals surface area contributed by atoms with Crippen molar-refractivity contribution < 1.29 is 19.4 Å². The Morgan fingerprint density at radius 1 is 1.47 bits per heavy atom. The van der Waals surface area contributed by atoms with Gasteiger partial charge in [-0.1, -0.05) is 0 Å². The molecule has 1 rings (SSSR count). The van der Waals surface area contributed by atoms with E-state index in [0.29, 0.717) is 5.56 Å². The Bertz CT molecular complexity index is 476. The van der Waals surface area contributed by atoms with Gasteiger partial charge in [-0.15, -0.1) is 0 Å². The summed E-state index contributed by atoms with van der Waals surface area (Å²) in [5.74, 6) is -1.14. The fraction of sp³-hybridized carbons (Fsp3) is 0.583. The smallest absolute Gasteiger partial charge is 0.411 e. The van der Waals surface area contributed by atoms with Crippen LogP contribution in [0.2, 0.25) is 0 Å². The van der Waals surface area contributed by atoms with Crippen molar-refractivity contribution in [1.82, 2.24) is 14.7 Å². The van der Waals surface area contributed by atoms with Gasteiger partial charge in [0.15, 0.2) is 6.04 Å². The van der Waals surface area contributed by atoms with Crippen LogP contribution in [-0.4, -0.2) is 44.5 Å². The normalized spacial score (nSPS) is 12.9. The van der Waals surface area contributed by atoms with Gasteiger partial charge in [0.1, 0.15) is 5.60 Å². The minimum absolute atomic E-state index is 0.420. The average Bonchev–Trinajstić information content (AvgIpc) is 2.61. The van der Waals surface area contributed by atoms with E-state index in [1.54, 1.807) is 34.0 Å². The molecule has 0 bridgehead atoms. The predicted molar refractivity (Wildman–Crippen MR) is 67.6 cm³/mol. The van der Waals surface area contributed by atoms with Crippen molar-refractivity contribution in [2.45, 2.75) is 32.4 Å². The lowest BCUT2D eigenvalue weighted by atomic mass is 10.1. The zero-order valence-electron chi connectivity index (χ0n) is 11.7. The van der Waals surface area contributed by atoms with Crippen LogP contribution in [0.15, 0.2) is 12.4 Å². The summed E-state index contributed by atoms with van der Waals surface area (Å²) < 4.78 is 6.64. The molecule has 1 aromatic rings. The number of carbonyl (C=O) groups is 2. The van der Waals surface area contributed by atoms with Gasteiger partial charge in [0.25, 0.3) is 0 Å². The summed E-state index contributed by atoms with van der Waals surface area (Å²) in [4.78, 5) is 24.3. The minimum Gasteiger partial charge on any atom is -0.479 e. The molecule has 1 N–H and O–H groups in total. The van der Waals surface area contributed by atoms with Crippen LogP contribution in [0, 0.1) is 0 Å². The number of likely N-dealkylation sites (N-methyl/N-ethyl adjacent to an activating group) is 1. The second-order valence-electron chi connectivity index (χ2n) is 5.28. The number of hydrogen-bond donors (Lipinski definition) is 1. The van der Waals surface area contributed by atoms with Gasteiger partial charge in [0.05, 0.1) is 6.20 Å². The lowest BCUT2D eigenvalue weighted by Crippen LogP contribution is -2.39. The summed E-state index contributed by atoms with van der Waals surface area (Å²) in [6.07, 6.45) is 2.28. The molecule has 0 saturated carbocycles. The van der Waals surface area contributed by atoms with Crippen molar-refractivity contribution in [3.8, 4) is 0 Å². The van der Waals surface area contributed by atoms with Gasteiger partial charge in [-0.2, -0.15) is 5.10 Å². The first-order valence-electron chi connectivity index (χ1n) is 5.79. The molecule has 7 nitrogen and oxygen atoms in total. The maximum atomic E-state index is 11.9. The summed E-state index contributed by atoms with van der Waals surface area (Å²) >= 11 is 0. The summed E-state index contributed by atoms with van der Waals surface area (Å²) in [5, 5.41) is 13.2. The molecule has 106 valence electrons. The van der Waals surface area contributed by atoms with Crippen LogP contribution in [0.1, 0.15) is 32.4 Å².